The minimum absolute atomic E-state index is 0.0527. The van der Waals surface area contributed by atoms with Crippen LogP contribution in [0.15, 0.2) is 44.0 Å². The van der Waals surface area contributed by atoms with Crippen molar-refractivity contribution in [1.82, 2.24) is 9.78 Å². The fraction of sp³-hybridized carbons (Fsp3) is 0.111. The van der Waals surface area contributed by atoms with Crippen LogP contribution in [0, 0.1) is 6.92 Å². The van der Waals surface area contributed by atoms with Gasteiger partial charge < -0.3 is 19.9 Å². The third-order valence-electron chi connectivity index (χ3n) is 4.19. The number of aryl methyl sites for hydroxylation is 2. The number of fused-ring (bicyclic) bond motifs is 2. The lowest BCUT2D eigenvalue weighted by molar-refractivity contribution is 0.0992. The zero-order valence-electron chi connectivity index (χ0n) is 14.4. The highest BCUT2D eigenvalue weighted by molar-refractivity contribution is 6.08. The van der Waals surface area contributed by atoms with E-state index in [1.54, 1.807) is 31.2 Å². The number of nitrogens with zero attached hydrogens (tertiary/aromatic N) is 2. The lowest BCUT2D eigenvalue weighted by Crippen LogP contribution is -2.20. The molecule has 3 heterocycles. The maximum atomic E-state index is 12.6. The van der Waals surface area contributed by atoms with Crippen LogP contribution in [0.5, 0.6) is 0 Å². The van der Waals surface area contributed by atoms with Crippen LogP contribution in [0.2, 0.25) is 0 Å². The minimum atomic E-state index is -0.735. The van der Waals surface area contributed by atoms with Crippen molar-refractivity contribution >= 4 is 39.6 Å². The number of benzene rings is 1. The maximum absolute atomic E-state index is 12.6. The van der Waals surface area contributed by atoms with E-state index in [2.05, 4.69) is 10.4 Å². The molecule has 4 rings (SSSR count). The van der Waals surface area contributed by atoms with E-state index in [4.69, 9.17) is 14.6 Å². The van der Waals surface area contributed by atoms with Crippen LogP contribution >= 0.6 is 0 Å². The molecule has 0 bridgehead atoms. The van der Waals surface area contributed by atoms with E-state index in [-0.39, 0.29) is 33.7 Å². The Morgan fingerprint density at radius 3 is 2.67 bits per heavy atom. The average Bonchev–Trinajstić information content (AvgIpc) is 3.16. The molecule has 0 atom stereocenters. The molecule has 1 aromatic carbocycles. The zero-order valence-corrected chi connectivity index (χ0v) is 14.4. The van der Waals surface area contributed by atoms with Crippen LogP contribution in [0.1, 0.15) is 26.7 Å². The molecule has 0 unspecified atom stereocenters. The summed E-state index contributed by atoms with van der Waals surface area (Å²) in [5.74, 6) is -1.59. The molecular weight excluding hydrogens is 352 g/mol. The molecule has 136 valence electrons. The van der Waals surface area contributed by atoms with Gasteiger partial charge in [0.25, 0.3) is 11.8 Å². The molecule has 9 heteroatoms. The van der Waals surface area contributed by atoms with Gasteiger partial charge in [-0.2, -0.15) is 5.10 Å². The largest absolute Gasteiger partial charge is 0.425 e. The molecule has 9 nitrogen and oxygen atoms in total. The molecule has 0 radical (unpaired) electrons. The van der Waals surface area contributed by atoms with Crippen LogP contribution in [0.4, 0.5) is 5.69 Å². The molecule has 0 saturated heterocycles. The Balaban J connectivity index is 1.78. The molecule has 0 saturated carbocycles. The molecule has 2 amide bonds. The van der Waals surface area contributed by atoms with E-state index in [1.165, 1.54) is 17.8 Å². The highest BCUT2D eigenvalue weighted by atomic mass is 16.5. The van der Waals surface area contributed by atoms with E-state index in [0.717, 1.165) is 0 Å². The predicted octanol–water partition coefficient (Wildman–Crippen LogP) is 1.93. The summed E-state index contributed by atoms with van der Waals surface area (Å²) in [5, 5.41) is 7.17. The summed E-state index contributed by atoms with van der Waals surface area (Å²) < 4.78 is 12.3. The number of amides is 2. The second kappa shape index (κ2) is 5.84. The van der Waals surface area contributed by atoms with Crippen molar-refractivity contribution in [2.75, 3.05) is 5.32 Å². The number of para-hydroxylation sites is 1. The number of carbonyl (C=O) groups is 2. The zero-order chi connectivity index (χ0) is 19.3. The Labute approximate surface area is 151 Å². The molecule has 0 aliphatic heterocycles. The molecule has 4 aromatic rings. The molecule has 27 heavy (non-hydrogen) atoms. The van der Waals surface area contributed by atoms with Gasteiger partial charge in [0.15, 0.2) is 5.76 Å². The summed E-state index contributed by atoms with van der Waals surface area (Å²) in [6, 6.07) is 8.01. The average molecular weight is 366 g/mol. The Kier molecular flexibility index (Phi) is 3.58. The number of nitrogens with one attached hydrogen (secondary N) is 1. The first-order valence-electron chi connectivity index (χ1n) is 7.97. The predicted molar refractivity (Wildman–Crippen MR) is 96.7 cm³/mol. The van der Waals surface area contributed by atoms with E-state index >= 15 is 0 Å². The maximum Gasteiger partial charge on any atom is 0.302 e. The lowest BCUT2D eigenvalue weighted by Gasteiger charge is -2.04. The molecule has 3 N–H and O–H groups in total. The third kappa shape index (κ3) is 2.56. The first kappa shape index (κ1) is 16.6. The number of carbonyl (C=O) groups excluding carboxylic acids is 2. The smallest absolute Gasteiger partial charge is 0.302 e. The molecule has 0 spiro atoms. The number of primary amides is 1. The Morgan fingerprint density at radius 1 is 1.19 bits per heavy atom. The van der Waals surface area contributed by atoms with Crippen molar-refractivity contribution in [3.05, 3.63) is 57.7 Å². The van der Waals surface area contributed by atoms with Crippen LogP contribution < -0.4 is 16.5 Å². The number of furan rings is 1. The van der Waals surface area contributed by atoms with Gasteiger partial charge in [0.1, 0.15) is 16.7 Å². The third-order valence-corrected chi connectivity index (χ3v) is 4.19. The first-order valence-corrected chi connectivity index (χ1v) is 7.97. The van der Waals surface area contributed by atoms with Gasteiger partial charge in [-0.3, -0.25) is 19.1 Å². The second-order valence-electron chi connectivity index (χ2n) is 5.99. The highest BCUT2D eigenvalue weighted by Crippen LogP contribution is 2.24. The summed E-state index contributed by atoms with van der Waals surface area (Å²) in [7, 11) is 1.54. The van der Waals surface area contributed by atoms with Crippen molar-refractivity contribution in [2.24, 2.45) is 12.8 Å². The SMILES string of the molecule is Cc1nn(C)c(C(N)=O)c1NC(=O)c1cc2c(=O)c3ccccc3oc2o1. The van der Waals surface area contributed by atoms with E-state index in [1.807, 2.05) is 0 Å². The number of anilines is 1. The van der Waals surface area contributed by atoms with E-state index in [9.17, 15) is 14.4 Å². The number of hydrogen-bond acceptors (Lipinski definition) is 6. The van der Waals surface area contributed by atoms with E-state index in [0.29, 0.717) is 16.7 Å². The van der Waals surface area contributed by atoms with Gasteiger partial charge in [-0.05, 0) is 19.1 Å². The van der Waals surface area contributed by atoms with Crippen LogP contribution in [0.25, 0.3) is 22.1 Å². The van der Waals surface area contributed by atoms with Crippen molar-refractivity contribution in [1.29, 1.82) is 0 Å². The molecule has 0 fully saturated rings. The van der Waals surface area contributed by atoms with Crippen LogP contribution in [-0.4, -0.2) is 21.6 Å². The van der Waals surface area contributed by atoms with Crippen molar-refractivity contribution in [2.45, 2.75) is 6.92 Å². The number of rotatable bonds is 3. The number of hydrogen-bond donors (Lipinski definition) is 2. The summed E-state index contributed by atoms with van der Waals surface area (Å²) in [6.45, 7) is 1.62. The Bertz CT molecular complexity index is 1290. The minimum Gasteiger partial charge on any atom is -0.425 e. The second-order valence-corrected chi connectivity index (χ2v) is 5.99. The molecule has 0 aliphatic rings. The fourth-order valence-corrected chi connectivity index (χ4v) is 2.97. The Morgan fingerprint density at radius 2 is 1.93 bits per heavy atom. The van der Waals surface area contributed by atoms with Gasteiger partial charge in [-0.1, -0.05) is 12.1 Å². The fourth-order valence-electron chi connectivity index (χ4n) is 2.97. The lowest BCUT2D eigenvalue weighted by atomic mass is 10.2. The summed E-state index contributed by atoms with van der Waals surface area (Å²) >= 11 is 0. The van der Waals surface area contributed by atoms with Crippen molar-refractivity contribution in [3.63, 3.8) is 0 Å². The van der Waals surface area contributed by atoms with Gasteiger partial charge >= 0.3 is 5.78 Å². The van der Waals surface area contributed by atoms with Crippen molar-refractivity contribution < 1.29 is 18.4 Å². The molecule has 0 aliphatic carbocycles. The number of nitrogens with two attached hydrogens (primary N) is 1. The van der Waals surface area contributed by atoms with Crippen LogP contribution in [0.3, 0.4) is 0 Å². The monoisotopic (exact) mass is 366 g/mol. The van der Waals surface area contributed by atoms with Crippen molar-refractivity contribution in [3.8, 4) is 0 Å². The van der Waals surface area contributed by atoms with Gasteiger partial charge in [0.05, 0.1) is 16.8 Å². The van der Waals surface area contributed by atoms with Gasteiger partial charge in [0.2, 0.25) is 5.43 Å². The standard InChI is InChI=1S/C18H14N4O5/c1-8-13(14(16(19)24)22(2)21-8)20-17(25)12-7-10-15(23)9-5-3-4-6-11(9)26-18(10)27-12/h3-7H,1-2H3,(H2,19,24)(H,20,25). The first-order chi connectivity index (χ1) is 12.9. The summed E-state index contributed by atoms with van der Waals surface area (Å²) in [6.07, 6.45) is 0. The van der Waals surface area contributed by atoms with Gasteiger partial charge in [-0.25, -0.2) is 0 Å². The topological polar surface area (TPSA) is 133 Å². The summed E-state index contributed by atoms with van der Waals surface area (Å²) in [4.78, 5) is 36.8. The quantitative estimate of drug-likeness (QED) is 0.569. The molecular formula is C18H14N4O5. The normalized spacial score (nSPS) is 11.2. The summed E-state index contributed by atoms with van der Waals surface area (Å²) in [5.41, 5.74) is 6.05. The van der Waals surface area contributed by atoms with E-state index < -0.39 is 11.8 Å². The highest BCUT2D eigenvalue weighted by Gasteiger charge is 2.23. The Hall–Kier alpha value is -3.88. The van der Waals surface area contributed by atoms with Gasteiger partial charge in [0, 0.05) is 13.1 Å². The van der Waals surface area contributed by atoms with Gasteiger partial charge in [-0.15, -0.1) is 0 Å². The van der Waals surface area contributed by atoms with Crippen LogP contribution in [-0.2, 0) is 7.05 Å². The number of aromatic nitrogens is 2. The molecule has 3 aromatic heterocycles.